The first-order valence-corrected chi connectivity index (χ1v) is 6.06. The molecule has 6 nitrogen and oxygen atoms in total. The maximum Gasteiger partial charge on any atom is 0.338 e. The van der Waals surface area contributed by atoms with Gasteiger partial charge in [0.25, 0.3) is 5.91 Å². The first-order valence-electron chi connectivity index (χ1n) is 6.06. The minimum absolute atomic E-state index is 0.0101. The van der Waals surface area contributed by atoms with E-state index in [4.69, 9.17) is 0 Å². The molecule has 0 aliphatic carbocycles. The van der Waals surface area contributed by atoms with Crippen LogP contribution in [0.15, 0.2) is 36.4 Å². The van der Waals surface area contributed by atoms with Crippen LogP contribution in [0, 0.1) is 6.92 Å². The van der Waals surface area contributed by atoms with Gasteiger partial charge in [0.1, 0.15) is 11.5 Å². The fourth-order valence-corrected chi connectivity index (χ4v) is 1.96. The molecule has 4 N–H and O–H groups in total. The predicted molar refractivity (Wildman–Crippen MR) is 75.9 cm³/mol. The van der Waals surface area contributed by atoms with Gasteiger partial charge in [-0.1, -0.05) is 12.1 Å². The smallest absolute Gasteiger partial charge is 0.338 e. The number of hydrogen-bond acceptors (Lipinski definition) is 4. The molecular formula is C15H13NO5. The molecule has 1 amide bonds. The fourth-order valence-electron chi connectivity index (χ4n) is 1.96. The van der Waals surface area contributed by atoms with Crippen molar-refractivity contribution in [2.45, 2.75) is 6.92 Å². The van der Waals surface area contributed by atoms with E-state index in [1.807, 2.05) is 0 Å². The van der Waals surface area contributed by atoms with Crippen molar-refractivity contribution in [3.63, 3.8) is 0 Å². The highest BCUT2D eigenvalue weighted by Gasteiger charge is 2.17. The molecule has 0 atom stereocenters. The van der Waals surface area contributed by atoms with Gasteiger partial charge in [0.15, 0.2) is 0 Å². The molecule has 0 spiro atoms. The van der Waals surface area contributed by atoms with E-state index in [9.17, 15) is 24.9 Å². The number of carbonyl (C=O) groups excluding carboxylic acids is 1. The molecular weight excluding hydrogens is 274 g/mol. The minimum atomic E-state index is -1.15. The van der Waals surface area contributed by atoms with Crippen molar-refractivity contribution in [3.8, 4) is 11.5 Å². The highest BCUT2D eigenvalue weighted by atomic mass is 16.4. The molecule has 0 saturated carbocycles. The van der Waals surface area contributed by atoms with E-state index in [2.05, 4.69) is 5.32 Å². The van der Waals surface area contributed by atoms with Crippen LogP contribution >= 0.6 is 0 Å². The summed E-state index contributed by atoms with van der Waals surface area (Å²) in [6, 6.07) is 8.24. The van der Waals surface area contributed by atoms with Gasteiger partial charge in [0.05, 0.1) is 16.8 Å². The lowest BCUT2D eigenvalue weighted by Gasteiger charge is -2.11. The zero-order chi connectivity index (χ0) is 15.6. The van der Waals surface area contributed by atoms with E-state index in [0.29, 0.717) is 5.56 Å². The normalized spacial score (nSPS) is 10.1. The third-order valence-electron chi connectivity index (χ3n) is 2.96. The van der Waals surface area contributed by atoms with Crippen molar-refractivity contribution >= 4 is 17.6 Å². The Morgan fingerprint density at radius 3 is 2.43 bits per heavy atom. The molecule has 108 valence electrons. The Kier molecular flexibility index (Phi) is 3.80. The van der Waals surface area contributed by atoms with E-state index in [0.717, 1.165) is 6.07 Å². The van der Waals surface area contributed by atoms with Crippen molar-refractivity contribution in [3.05, 3.63) is 53.1 Å². The Hall–Kier alpha value is -3.02. The molecule has 0 unspecified atom stereocenters. The average molecular weight is 287 g/mol. The van der Waals surface area contributed by atoms with Crippen LogP contribution in [0.25, 0.3) is 0 Å². The average Bonchev–Trinajstić information content (AvgIpc) is 2.37. The van der Waals surface area contributed by atoms with E-state index in [1.54, 1.807) is 19.1 Å². The number of aromatic hydroxyl groups is 2. The lowest BCUT2D eigenvalue weighted by atomic mass is 10.1. The Balaban J connectivity index is 2.36. The van der Waals surface area contributed by atoms with Gasteiger partial charge in [-0.05, 0) is 30.7 Å². The number of rotatable bonds is 3. The molecule has 0 aliphatic heterocycles. The van der Waals surface area contributed by atoms with Gasteiger partial charge >= 0.3 is 5.97 Å². The molecule has 0 bridgehead atoms. The first-order chi connectivity index (χ1) is 9.90. The van der Waals surface area contributed by atoms with Gasteiger partial charge in [0, 0.05) is 6.07 Å². The van der Waals surface area contributed by atoms with Crippen molar-refractivity contribution in [2.75, 3.05) is 5.32 Å². The second-order valence-electron chi connectivity index (χ2n) is 4.46. The van der Waals surface area contributed by atoms with Gasteiger partial charge in [-0.15, -0.1) is 0 Å². The standard InChI is InChI=1S/C15H13NO5/c1-8-3-2-4-11(13(8)15(20)21)16-14(19)10-6-5-9(17)7-12(10)18/h2-7,17-18H,1H3,(H,16,19)(H,20,21). The van der Waals surface area contributed by atoms with Crippen LogP contribution in [0.4, 0.5) is 5.69 Å². The van der Waals surface area contributed by atoms with E-state index < -0.39 is 17.6 Å². The molecule has 0 fully saturated rings. The lowest BCUT2D eigenvalue weighted by molar-refractivity contribution is 0.0697. The highest BCUT2D eigenvalue weighted by molar-refractivity contribution is 6.09. The van der Waals surface area contributed by atoms with Crippen LogP contribution in [0.5, 0.6) is 11.5 Å². The monoisotopic (exact) mass is 287 g/mol. The largest absolute Gasteiger partial charge is 0.508 e. The van der Waals surface area contributed by atoms with Crippen molar-refractivity contribution in [1.29, 1.82) is 0 Å². The van der Waals surface area contributed by atoms with E-state index >= 15 is 0 Å². The van der Waals surface area contributed by atoms with Crippen molar-refractivity contribution in [1.82, 2.24) is 0 Å². The number of aromatic carboxylic acids is 1. The van der Waals surface area contributed by atoms with Crippen LogP contribution in [-0.4, -0.2) is 27.2 Å². The SMILES string of the molecule is Cc1cccc(NC(=O)c2ccc(O)cc2O)c1C(=O)O. The molecule has 21 heavy (non-hydrogen) atoms. The Morgan fingerprint density at radius 1 is 1.10 bits per heavy atom. The Labute approximate surface area is 120 Å². The molecule has 0 aromatic heterocycles. The second-order valence-corrected chi connectivity index (χ2v) is 4.46. The number of carbonyl (C=O) groups is 2. The Morgan fingerprint density at radius 2 is 1.81 bits per heavy atom. The molecule has 0 saturated heterocycles. The number of nitrogens with one attached hydrogen (secondary N) is 1. The summed E-state index contributed by atoms with van der Waals surface area (Å²) in [6.45, 7) is 1.62. The predicted octanol–water partition coefficient (Wildman–Crippen LogP) is 2.36. The molecule has 2 rings (SSSR count). The number of anilines is 1. The molecule has 2 aromatic carbocycles. The van der Waals surface area contributed by atoms with Crippen molar-refractivity contribution in [2.24, 2.45) is 0 Å². The van der Waals surface area contributed by atoms with Crippen LogP contribution in [0.3, 0.4) is 0 Å². The minimum Gasteiger partial charge on any atom is -0.508 e. The molecule has 0 aliphatic rings. The van der Waals surface area contributed by atoms with Crippen LogP contribution < -0.4 is 5.32 Å². The number of phenolic OH excluding ortho intramolecular Hbond substituents is 2. The van der Waals surface area contributed by atoms with Gasteiger partial charge in [-0.25, -0.2) is 4.79 Å². The summed E-state index contributed by atoms with van der Waals surface area (Å²) < 4.78 is 0. The third-order valence-corrected chi connectivity index (χ3v) is 2.96. The zero-order valence-electron chi connectivity index (χ0n) is 11.1. The summed E-state index contributed by atoms with van der Waals surface area (Å²) in [5.41, 5.74) is 0.574. The number of hydrogen-bond donors (Lipinski definition) is 4. The van der Waals surface area contributed by atoms with Crippen LogP contribution in [0.1, 0.15) is 26.3 Å². The van der Waals surface area contributed by atoms with Gasteiger partial charge in [-0.2, -0.15) is 0 Å². The van der Waals surface area contributed by atoms with Crippen molar-refractivity contribution < 1.29 is 24.9 Å². The molecule has 6 heteroatoms. The lowest BCUT2D eigenvalue weighted by Crippen LogP contribution is -2.15. The maximum absolute atomic E-state index is 12.1. The van der Waals surface area contributed by atoms with E-state index in [1.165, 1.54) is 18.2 Å². The second kappa shape index (κ2) is 5.54. The summed E-state index contributed by atoms with van der Waals surface area (Å²) in [6.07, 6.45) is 0. The third kappa shape index (κ3) is 2.94. The van der Waals surface area contributed by atoms with E-state index in [-0.39, 0.29) is 22.6 Å². The van der Waals surface area contributed by atoms with Crippen LogP contribution in [-0.2, 0) is 0 Å². The molecule has 0 heterocycles. The first kappa shape index (κ1) is 14.4. The maximum atomic E-state index is 12.1. The number of amides is 1. The fraction of sp³-hybridized carbons (Fsp3) is 0.0667. The Bertz CT molecular complexity index is 724. The van der Waals surface area contributed by atoms with Crippen LogP contribution in [0.2, 0.25) is 0 Å². The summed E-state index contributed by atoms with van der Waals surface area (Å²) in [5.74, 6) is -2.39. The number of aryl methyl sites for hydroxylation is 1. The number of benzene rings is 2. The molecule has 2 aromatic rings. The summed E-state index contributed by atoms with van der Waals surface area (Å²) in [4.78, 5) is 23.3. The van der Waals surface area contributed by atoms with Gasteiger partial charge < -0.3 is 20.6 Å². The topological polar surface area (TPSA) is 107 Å². The number of carboxylic acid groups (broad SMARTS) is 1. The quantitative estimate of drug-likeness (QED) is 0.693. The zero-order valence-corrected chi connectivity index (χ0v) is 11.1. The molecule has 0 radical (unpaired) electrons. The van der Waals surface area contributed by atoms with Gasteiger partial charge in [0.2, 0.25) is 0 Å². The number of carboxylic acids is 1. The van der Waals surface area contributed by atoms with Gasteiger partial charge in [-0.3, -0.25) is 4.79 Å². The highest BCUT2D eigenvalue weighted by Crippen LogP contribution is 2.25. The summed E-state index contributed by atoms with van der Waals surface area (Å²) in [7, 11) is 0. The number of phenols is 2. The summed E-state index contributed by atoms with van der Waals surface area (Å²) >= 11 is 0. The summed E-state index contributed by atoms with van der Waals surface area (Å²) in [5, 5.41) is 30.5.